The number of halogens is 2. The Bertz CT molecular complexity index is 804. The molecule has 0 fully saturated rings. The summed E-state index contributed by atoms with van der Waals surface area (Å²) in [7, 11) is -4.16. The van der Waals surface area contributed by atoms with Gasteiger partial charge >= 0.3 is 0 Å². The number of hydrogen-bond acceptors (Lipinski definition) is 2. The van der Waals surface area contributed by atoms with Gasteiger partial charge in [-0.3, -0.25) is 0 Å². The van der Waals surface area contributed by atoms with Crippen LogP contribution in [0.5, 0.6) is 0 Å². The number of rotatable bonds is 4. The van der Waals surface area contributed by atoms with Crippen molar-refractivity contribution >= 4 is 10.0 Å². The van der Waals surface area contributed by atoms with Crippen molar-refractivity contribution in [1.82, 2.24) is 4.72 Å². The highest BCUT2D eigenvalue weighted by molar-refractivity contribution is 7.89. The van der Waals surface area contributed by atoms with E-state index in [1.54, 1.807) is 6.92 Å². The molecule has 0 amide bonds. The van der Waals surface area contributed by atoms with Crippen LogP contribution in [0.3, 0.4) is 0 Å². The third-order valence-electron chi connectivity index (χ3n) is 3.42. The van der Waals surface area contributed by atoms with Gasteiger partial charge < -0.3 is 0 Å². The van der Waals surface area contributed by atoms with Crippen molar-refractivity contribution in [2.75, 3.05) is 0 Å². The minimum absolute atomic E-state index is 0.562. The molecule has 0 radical (unpaired) electrons. The van der Waals surface area contributed by atoms with E-state index in [0.29, 0.717) is 6.07 Å². The van der Waals surface area contributed by atoms with Crippen LogP contribution in [0.4, 0.5) is 8.78 Å². The third-order valence-corrected chi connectivity index (χ3v) is 4.97. The Hall–Kier alpha value is -1.79. The quantitative estimate of drug-likeness (QED) is 0.933. The fourth-order valence-corrected chi connectivity index (χ4v) is 3.58. The SMILES string of the molecule is Cc1ccc(C)c([C@@H](C)NS(=O)(=O)c2cc(F)ccc2F)c1. The van der Waals surface area contributed by atoms with Gasteiger partial charge in [0.15, 0.2) is 0 Å². The van der Waals surface area contributed by atoms with Crippen LogP contribution >= 0.6 is 0 Å². The van der Waals surface area contributed by atoms with Gasteiger partial charge in [-0.15, -0.1) is 0 Å². The average Bonchev–Trinajstić information content (AvgIpc) is 2.43. The van der Waals surface area contributed by atoms with E-state index < -0.39 is 32.6 Å². The average molecular weight is 325 g/mol. The Morgan fingerprint density at radius 1 is 1.05 bits per heavy atom. The van der Waals surface area contributed by atoms with E-state index in [1.165, 1.54) is 0 Å². The molecule has 0 heterocycles. The molecular formula is C16H17F2NO2S. The molecule has 6 heteroatoms. The molecule has 0 spiro atoms. The van der Waals surface area contributed by atoms with Gasteiger partial charge in [0.25, 0.3) is 0 Å². The standard InChI is InChI=1S/C16H17F2NO2S/c1-10-4-5-11(2)14(8-10)12(3)19-22(20,21)16-9-13(17)6-7-15(16)18/h4-9,12,19H,1-3H3/t12-/m1/s1. The van der Waals surface area contributed by atoms with Crippen molar-refractivity contribution in [3.05, 3.63) is 64.7 Å². The van der Waals surface area contributed by atoms with Crippen molar-refractivity contribution in [3.63, 3.8) is 0 Å². The molecule has 0 aromatic heterocycles. The van der Waals surface area contributed by atoms with Crippen LogP contribution in [-0.4, -0.2) is 8.42 Å². The molecule has 0 unspecified atom stereocenters. The van der Waals surface area contributed by atoms with Gasteiger partial charge in [0.1, 0.15) is 16.5 Å². The molecule has 118 valence electrons. The molecule has 0 saturated carbocycles. The molecule has 0 aliphatic heterocycles. The van der Waals surface area contributed by atoms with Crippen LogP contribution < -0.4 is 4.72 Å². The zero-order chi connectivity index (χ0) is 16.5. The Morgan fingerprint density at radius 2 is 1.73 bits per heavy atom. The zero-order valence-corrected chi connectivity index (χ0v) is 13.3. The molecule has 2 aromatic rings. The Balaban J connectivity index is 2.36. The van der Waals surface area contributed by atoms with Crippen LogP contribution in [0.15, 0.2) is 41.3 Å². The maximum atomic E-state index is 13.7. The molecule has 2 aromatic carbocycles. The number of benzene rings is 2. The normalized spacial score (nSPS) is 13.1. The highest BCUT2D eigenvalue weighted by Crippen LogP contribution is 2.23. The van der Waals surface area contributed by atoms with Gasteiger partial charge in [0, 0.05) is 6.04 Å². The smallest absolute Gasteiger partial charge is 0.207 e. The van der Waals surface area contributed by atoms with E-state index in [9.17, 15) is 17.2 Å². The zero-order valence-electron chi connectivity index (χ0n) is 12.5. The Labute approximate surface area is 129 Å². The van der Waals surface area contributed by atoms with Gasteiger partial charge in [-0.2, -0.15) is 0 Å². The summed E-state index contributed by atoms with van der Waals surface area (Å²) < 4.78 is 53.8. The van der Waals surface area contributed by atoms with Crippen molar-refractivity contribution in [2.45, 2.75) is 31.7 Å². The highest BCUT2D eigenvalue weighted by Gasteiger charge is 2.23. The first kappa shape index (κ1) is 16.6. The molecule has 0 aliphatic carbocycles. The molecule has 0 aliphatic rings. The van der Waals surface area contributed by atoms with E-state index in [-0.39, 0.29) is 0 Å². The van der Waals surface area contributed by atoms with Gasteiger partial charge in [-0.25, -0.2) is 21.9 Å². The molecule has 1 atom stereocenters. The summed E-state index contributed by atoms with van der Waals surface area (Å²) in [6.45, 7) is 5.43. The maximum absolute atomic E-state index is 13.7. The lowest BCUT2D eigenvalue weighted by Crippen LogP contribution is -2.28. The lowest BCUT2D eigenvalue weighted by molar-refractivity contribution is 0.538. The van der Waals surface area contributed by atoms with Crippen LogP contribution in [0.25, 0.3) is 0 Å². The first-order valence-corrected chi connectivity index (χ1v) is 8.23. The molecule has 2 rings (SSSR count). The minimum atomic E-state index is -4.16. The molecule has 0 saturated heterocycles. The van der Waals surface area contributed by atoms with Gasteiger partial charge in [0.2, 0.25) is 10.0 Å². The fourth-order valence-electron chi connectivity index (χ4n) is 2.27. The molecular weight excluding hydrogens is 308 g/mol. The van der Waals surface area contributed by atoms with E-state index in [4.69, 9.17) is 0 Å². The minimum Gasteiger partial charge on any atom is -0.207 e. The number of nitrogens with one attached hydrogen (secondary N) is 1. The molecule has 1 N–H and O–H groups in total. The fraction of sp³-hybridized carbons (Fsp3) is 0.250. The second-order valence-electron chi connectivity index (χ2n) is 5.28. The monoisotopic (exact) mass is 325 g/mol. The molecule has 3 nitrogen and oxygen atoms in total. The van der Waals surface area contributed by atoms with E-state index in [0.717, 1.165) is 28.8 Å². The summed E-state index contributed by atoms with van der Waals surface area (Å²) in [6, 6.07) is 7.46. The lowest BCUT2D eigenvalue weighted by Gasteiger charge is -2.17. The summed E-state index contributed by atoms with van der Waals surface area (Å²) in [5.41, 5.74) is 2.70. The van der Waals surface area contributed by atoms with Crippen molar-refractivity contribution in [2.24, 2.45) is 0 Å². The van der Waals surface area contributed by atoms with Crippen LogP contribution in [0.1, 0.15) is 29.7 Å². The van der Waals surface area contributed by atoms with Crippen LogP contribution in [-0.2, 0) is 10.0 Å². The first-order valence-electron chi connectivity index (χ1n) is 6.75. The van der Waals surface area contributed by atoms with Crippen LogP contribution in [0, 0.1) is 25.5 Å². The second-order valence-corrected chi connectivity index (χ2v) is 6.96. The van der Waals surface area contributed by atoms with E-state index in [2.05, 4.69) is 4.72 Å². The third kappa shape index (κ3) is 3.51. The van der Waals surface area contributed by atoms with Crippen LogP contribution in [0.2, 0.25) is 0 Å². The highest BCUT2D eigenvalue weighted by atomic mass is 32.2. The predicted molar refractivity (Wildman–Crippen MR) is 81.0 cm³/mol. The lowest BCUT2D eigenvalue weighted by atomic mass is 10.0. The van der Waals surface area contributed by atoms with Crippen molar-refractivity contribution < 1.29 is 17.2 Å². The number of sulfonamides is 1. The molecule has 22 heavy (non-hydrogen) atoms. The summed E-state index contributed by atoms with van der Waals surface area (Å²) in [4.78, 5) is -0.690. The topological polar surface area (TPSA) is 46.2 Å². The van der Waals surface area contributed by atoms with Crippen molar-refractivity contribution in [3.8, 4) is 0 Å². The van der Waals surface area contributed by atoms with E-state index in [1.807, 2.05) is 32.0 Å². The second kappa shape index (κ2) is 6.14. The van der Waals surface area contributed by atoms with Gasteiger partial charge in [-0.05, 0) is 50.1 Å². The first-order chi connectivity index (χ1) is 10.2. The van der Waals surface area contributed by atoms with Gasteiger partial charge in [0.05, 0.1) is 0 Å². The van der Waals surface area contributed by atoms with E-state index >= 15 is 0 Å². The Morgan fingerprint density at radius 3 is 2.41 bits per heavy atom. The van der Waals surface area contributed by atoms with Gasteiger partial charge in [-0.1, -0.05) is 23.8 Å². The predicted octanol–water partition coefficient (Wildman–Crippen LogP) is 3.62. The number of aryl methyl sites for hydroxylation is 2. The summed E-state index contributed by atoms with van der Waals surface area (Å²) >= 11 is 0. The summed E-state index contributed by atoms with van der Waals surface area (Å²) in [6.07, 6.45) is 0. The molecule has 0 bridgehead atoms. The maximum Gasteiger partial charge on any atom is 0.244 e. The van der Waals surface area contributed by atoms with Crippen molar-refractivity contribution in [1.29, 1.82) is 0 Å². The summed E-state index contributed by atoms with van der Waals surface area (Å²) in [5.74, 6) is -1.79. The number of hydrogen-bond donors (Lipinski definition) is 1. The Kier molecular flexibility index (Phi) is 4.63. The summed E-state index contributed by atoms with van der Waals surface area (Å²) in [5, 5.41) is 0. The largest absolute Gasteiger partial charge is 0.244 e.